The third kappa shape index (κ3) is 2.90. The number of aliphatic hydroxyl groups excluding tert-OH is 3. The molecular weight excluding hydrogens is 186 g/mol. The maximum Gasteiger partial charge on any atom is 0.184 e. The molecule has 14 heavy (non-hydrogen) atoms. The van der Waals surface area contributed by atoms with Crippen LogP contribution in [0.2, 0.25) is 0 Å². The van der Waals surface area contributed by atoms with Gasteiger partial charge in [0.25, 0.3) is 0 Å². The first-order valence-electron chi connectivity index (χ1n) is 4.92. The zero-order valence-corrected chi connectivity index (χ0v) is 8.55. The van der Waals surface area contributed by atoms with Crippen LogP contribution in [0.5, 0.6) is 0 Å². The van der Waals surface area contributed by atoms with Gasteiger partial charge in [0.05, 0.1) is 0 Å². The minimum Gasteiger partial charge on any atom is -0.387 e. The van der Waals surface area contributed by atoms with Gasteiger partial charge in [0.15, 0.2) is 6.29 Å². The Labute approximate surface area is 83.7 Å². The number of nitrogens with one attached hydrogen (secondary N) is 1. The Hall–Kier alpha value is -0.200. The Balaban J connectivity index is 2.25. The third-order valence-corrected chi connectivity index (χ3v) is 2.24. The van der Waals surface area contributed by atoms with Crippen molar-refractivity contribution in [3.63, 3.8) is 0 Å². The molecule has 84 valence electrons. The lowest BCUT2D eigenvalue weighted by Gasteiger charge is -2.15. The molecule has 5 nitrogen and oxygen atoms in total. The van der Waals surface area contributed by atoms with Gasteiger partial charge < -0.3 is 25.4 Å². The van der Waals surface area contributed by atoms with Gasteiger partial charge in [-0.05, 0) is 12.5 Å². The molecule has 0 unspecified atom stereocenters. The average Bonchev–Trinajstić information content (AvgIpc) is 2.33. The molecule has 1 aliphatic heterocycles. The molecule has 1 saturated heterocycles. The molecule has 0 aliphatic carbocycles. The zero-order valence-electron chi connectivity index (χ0n) is 8.55. The summed E-state index contributed by atoms with van der Waals surface area (Å²) in [5.74, 6) is 0.517. The van der Waals surface area contributed by atoms with E-state index >= 15 is 0 Å². The van der Waals surface area contributed by atoms with Crippen LogP contribution in [-0.4, -0.2) is 53.0 Å². The molecule has 0 aromatic heterocycles. The predicted molar refractivity (Wildman–Crippen MR) is 50.6 cm³/mol. The molecule has 0 aromatic rings. The molecular formula is C9H19NO4. The van der Waals surface area contributed by atoms with Crippen molar-refractivity contribution < 1.29 is 20.1 Å². The van der Waals surface area contributed by atoms with E-state index in [9.17, 15) is 10.2 Å². The maximum atomic E-state index is 9.42. The number of aliphatic hydroxyl groups is 3. The van der Waals surface area contributed by atoms with Gasteiger partial charge in [0.2, 0.25) is 0 Å². The van der Waals surface area contributed by atoms with Crippen LogP contribution in [0.3, 0.4) is 0 Å². The minimum atomic E-state index is -1.27. The fraction of sp³-hybridized carbons (Fsp3) is 1.00. The highest BCUT2D eigenvalue weighted by molar-refractivity contribution is 4.86. The molecule has 0 bridgehead atoms. The molecule has 1 rings (SSSR count). The number of rotatable bonds is 4. The molecule has 1 fully saturated rings. The van der Waals surface area contributed by atoms with Crippen LogP contribution in [0.25, 0.3) is 0 Å². The molecule has 1 heterocycles. The minimum absolute atomic E-state index is 0.438. The van der Waals surface area contributed by atoms with E-state index in [1.54, 1.807) is 0 Å². The van der Waals surface area contributed by atoms with E-state index in [0.717, 1.165) is 6.54 Å². The van der Waals surface area contributed by atoms with Crippen LogP contribution >= 0.6 is 0 Å². The first-order chi connectivity index (χ1) is 6.52. The largest absolute Gasteiger partial charge is 0.387 e. The second kappa shape index (κ2) is 5.04. The van der Waals surface area contributed by atoms with Crippen LogP contribution in [-0.2, 0) is 4.74 Å². The van der Waals surface area contributed by atoms with Gasteiger partial charge in [-0.15, -0.1) is 0 Å². The summed E-state index contributed by atoms with van der Waals surface area (Å²) >= 11 is 0. The molecule has 4 N–H and O–H groups in total. The highest BCUT2D eigenvalue weighted by atomic mass is 16.6. The first kappa shape index (κ1) is 11.9. The lowest BCUT2D eigenvalue weighted by Crippen LogP contribution is -2.38. The van der Waals surface area contributed by atoms with Gasteiger partial charge in [0.1, 0.15) is 18.3 Å². The molecule has 0 saturated carbocycles. The standard InChI is InChI=1S/C9H19NO4/c1-5(2)3-10-4-6-7(11)8(12)9(13)14-6/h5-13H,3-4H2,1-2H3/t6-,7-,8-,9-/m1/s1. The Kier molecular flexibility index (Phi) is 4.28. The van der Waals surface area contributed by atoms with E-state index in [1.165, 1.54) is 0 Å². The Bertz CT molecular complexity index is 176. The van der Waals surface area contributed by atoms with E-state index in [0.29, 0.717) is 12.5 Å². The van der Waals surface area contributed by atoms with Crippen molar-refractivity contribution in [2.75, 3.05) is 13.1 Å². The summed E-state index contributed by atoms with van der Waals surface area (Å²) in [7, 11) is 0. The maximum absolute atomic E-state index is 9.42. The summed E-state index contributed by atoms with van der Waals surface area (Å²) < 4.78 is 4.96. The van der Waals surface area contributed by atoms with Crippen LogP contribution in [0, 0.1) is 5.92 Å². The molecule has 0 radical (unpaired) electrons. The highest BCUT2D eigenvalue weighted by Gasteiger charge is 2.41. The highest BCUT2D eigenvalue weighted by Crippen LogP contribution is 2.18. The van der Waals surface area contributed by atoms with Crippen molar-refractivity contribution in [1.82, 2.24) is 5.32 Å². The number of ether oxygens (including phenoxy) is 1. The van der Waals surface area contributed by atoms with Crippen molar-refractivity contribution in [2.24, 2.45) is 5.92 Å². The lowest BCUT2D eigenvalue weighted by atomic mass is 10.1. The fourth-order valence-corrected chi connectivity index (χ4v) is 1.41. The van der Waals surface area contributed by atoms with E-state index in [2.05, 4.69) is 19.2 Å². The van der Waals surface area contributed by atoms with E-state index in [-0.39, 0.29) is 0 Å². The summed E-state index contributed by atoms with van der Waals surface area (Å²) in [5, 5.41) is 30.8. The summed E-state index contributed by atoms with van der Waals surface area (Å²) in [6, 6.07) is 0. The van der Waals surface area contributed by atoms with Gasteiger partial charge in [0, 0.05) is 6.54 Å². The third-order valence-electron chi connectivity index (χ3n) is 2.24. The van der Waals surface area contributed by atoms with Gasteiger partial charge in [-0.25, -0.2) is 0 Å². The van der Waals surface area contributed by atoms with Crippen molar-refractivity contribution in [3.8, 4) is 0 Å². The van der Waals surface area contributed by atoms with Crippen molar-refractivity contribution >= 4 is 0 Å². The quantitative estimate of drug-likeness (QED) is 0.457. The van der Waals surface area contributed by atoms with Crippen LogP contribution in [0.15, 0.2) is 0 Å². The van der Waals surface area contributed by atoms with Gasteiger partial charge in [-0.2, -0.15) is 0 Å². The summed E-state index contributed by atoms with van der Waals surface area (Å²) in [4.78, 5) is 0. The SMILES string of the molecule is CC(C)CNC[C@H]1O[C@@H](O)[C@H](O)[C@@H]1O. The van der Waals surface area contributed by atoms with E-state index < -0.39 is 24.6 Å². The summed E-state index contributed by atoms with van der Waals surface area (Å²) in [6.07, 6.45) is -4.00. The first-order valence-corrected chi connectivity index (χ1v) is 4.92. The van der Waals surface area contributed by atoms with Crippen molar-refractivity contribution in [3.05, 3.63) is 0 Å². The zero-order chi connectivity index (χ0) is 10.7. The fourth-order valence-electron chi connectivity index (χ4n) is 1.41. The second-order valence-corrected chi connectivity index (χ2v) is 4.10. The van der Waals surface area contributed by atoms with Gasteiger partial charge in [-0.3, -0.25) is 0 Å². The molecule has 0 aromatic carbocycles. The molecule has 0 amide bonds. The molecule has 4 atom stereocenters. The number of hydrogen-bond acceptors (Lipinski definition) is 5. The normalized spacial score (nSPS) is 38.1. The van der Waals surface area contributed by atoms with Crippen LogP contribution < -0.4 is 5.32 Å². The monoisotopic (exact) mass is 205 g/mol. The topological polar surface area (TPSA) is 82.0 Å². The lowest BCUT2D eigenvalue weighted by molar-refractivity contribution is -0.126. The summed E-state index contributed by atoms with van der Waals surface area (Å²) in [5.41, 5.74) is 0. The van der Waals surface area contributed by atoms with Gasteiger partial charge >= 0.3 is 0 Å². The van der Waals surface area contributed by atoms with Crippen LogP contribution in [0.1, 0.15) is 13.8 Å². The number of hydrogen-bond donors (Lipinski definition) is 4. The molecule has 0 spiro atoms. The van der Waals surface area contributed by atoms with Crippen LogP contribution in [0.4, 0.5) is 0 Å². The Morgan fingerprint density at radius 3 is 2.29 bits per heavy atom. The van der Waals surface area contributed by atoms with E-state index in [4.69, 9.17) is 9.84 Å². The second-order valence-electron chi connectivity index (χ2n) is 4.10. The summed E-state index contributed by atoms with van der Waals surface area (Å²) in [6.45, 7) is 5.40. The Morgan fingerprint density at radius 2 is 1.86 bits per heavy atom. The molecule has 1 aliphatic rings. The average molecular weight is 205 g/mol. The van der Waals surface area contributed by atoms with Crippen molar-refractivity contribution in [1.29, 1.82) is 0 Å². The predicted octanol–water partition coefficient (Wildman–Crippen LogP) is -1.33. The smallest absolute Gasteiger partial charge is 0.184 e. The van der Waals surface area contributed by atoms with Gasteiger partial charge in [-0.1, -0.05) is 13.8 Å². The van der Waals surface area contributed by atoms with Crippen molar-refractivity contribution in [2.45, 2.75) is 38.4 Å². The van der Waals surface area contributed by atoms with E-state index in [1.807, 2.05) is 0 Å². The molecule has 5 heteroatoms. The Morgan fingerprint density at radius 1 is 1.21 bits per heavy atom.